The Hall–Kier alpha value is -4.02. The highest BCUT2D eigenvalue weighted by molar-refractivity contribution is 5.92. The molecule has 3 heterocycles. The summed E-state index contributed by atoms with van der Waals surface area (Å²) in [6.45, 7) is 5.81. The quantitative estimate of drug-likeness (QED) is 0.459. The predicted molar refractivity (Wildman–Crippen MR) is 116 cm³/mol. The highest BCUT2D eigenvalue weighted by atomic mass is 19.4. The summed E-state index contributed by atoms with van der Waals surface area (Å²) in [5.74, 6) is 0.701. The van der Waals surface area contributed by atoms with E-state index in [0.29, 0.717) is 22.8 Å². The van der Waals surface area contributed by atoms with Crippen LogP contribution in [0.5, 0.6) is 0 Å². The van der Waals surface area contributed by atoms with Crippen LogP contribution in [-0.2, 0) is 18.1 Å². The third-order valence-corrected chi connectivity index (χ3v) is 4.88. The second-order valence-corrected chi connectivity index (χ2v) is 8.59. The Morgan fingerprint density at radius 3 is 2.62 bits per heavy atom. The molecule has 176 valence electrons. The number of benzene rings is 1. The molecule has 4 aromatic rings. The SMILES string of the molecule is CC(C)(C)c1noc(-c2cccnc2-n2cnc(C(=O)NCc3cccc(C(F)(F)F)c3)c2)n1. The molecule has 0 unspecified atom stereocenters. The molecular formula is C23H21F3N6O2. The average molecular weight is 470 g/mol. The highest BCUT2D eigenvalue weighted by Crippen LogP contribution is 2.30. The molecule has 11 heteroatoms. The molecule has 0 aliphatic rings. The Labute approximate surface area is 192 Å². The molecule has 1 aromatic carbocycles. The van der Waals surface area contributed by atoms with E-state index in [9.17, 15) is 18.0 Å². The van der Waals surface area contributed by atoms with Crippen molar-refractivity contribution in [2.45, 2.75) is 38.9 Å². The molecule has 0 aliphatic heterocycles. The second kappa shape index (κ2) is 8.73. The molecule has 3 aromatic heterocycles. The zero-order valence-electron chi connectivity index (χ0n) is 18.6. The van der Waals surface area contributed by atoms with Gasteiger partial charge in [0.05, 0.1) is 11.1 Å². The maximum Gasteiger partial charge on any atom is 0.416 e. The summed E-state index contributed by atoms with van der Waals surface area (Å²) in [4.78, 5) is 25.5. The summed E-state index contributed by atoms with van der Waals surface area (Å²) in [5.41, 5.74) is -0.130. The van der Waals surface area contributed by atoms with Gasteiger partial charge in [0, 0.05) is 24.4 Å². The number of halogens is 3. The van der Waals surface area contributed by atoms with Crippen molar-refractivity contribution >= 4 is 5.91 Å². The first-order valence-corrected chi connectivity index (χ1v) is 10.3. The van der Waals surface area contributed by atoms with E-state index in [0.717, 1.165) is 12.1 Å². The van der Waals surface area contributed by atoms with Gasteiger partial charge in [0.25, 0.3) is 11.8 Å². The standard InChI is InChI=1S/C23H21F3N6O2/c1-22(2,3)21-30-20(34-31-21)16-8-5-9-27-18(16)32-12-17(29-13-32)19(33)28-11-14-6-4-7-15(10-14)23(24,25)26/h4-10,12-13H,11H2,1-3H3,(H,28,33). The number of pyridine rings is 1. The number of nitrogens with one attached hydrogen (secondary N) is 1. The van der Waals surface area contributed by atoms with E-state index in [1.807, 2.05) is 20.8 Å². The summed E-state index contributed by atoms with van der Waals surface area (Å²) >= 11 is 0. The smallest absolute Gasteiger partial charge is 0.347 e. The number of amides is 1. The third kappa shape index (κ3) is 4.98. The number of rotatable bonds is 5. The van der Waals surface area contributed by atoms with Crippen molar-refractivity contribution in [2.24, 2.45) is 0 Å². The monoisotopic (exact) mass is 470 g/mol. The van der Waals surface area contributed by atoms with Gasteiger partial charge in [-0.05, 0) is 29.8 Å². The van der Waals surface area contributed by atoms with Gasteiger partial charge >= 0.3 is 6.18 Å². The molecule has 0 spiro atoms. The topological polar surface area (TPSA) is 98.7 Å². The van der Waals surface area contributed by atoms with Gasteiger partial charge in [-0.1, -0.05) is 38.1 Å². The molecule has 0 saturated carbocycles. The Kier molecular flexibility index (Phi) is 5.94. The van der Waals surface area contributed by atoms with Gasteiger partial charge in [0.15, 0.2) is 11.6 Å². The van der Waals surface area contributed by atoms with Crippen LogP contribution >= 0.6 is 0 Å². The van der Waals surface area contributed by atoms with Crippen molar-refractivity contribution in [1.82, 2.24) is 30.0 Å². The molecule has 0 radical (unpaired) electrons. The Morgan fingerprint density at radius 1 is 1.12 bits per heavy atom. The van der Waals surface area contributed by atoms with Crippen molar-refractivity contribution in [3.05, 3.63) is 77.8 Å². The van der Waals surface area contributed by atoms with Crippen LogP contribution in [0.4, 0.5) is 13.2 Å². The maximum atomic E-state index is 12.9. The van der Waals surface area contributed by atoms with E-state index in [4.69, 9.17) is 4.52 Å². The van der Waals surface area contributed by atoms with E-state index in [1.54, 1.807) is 18.3 Å². The molecule has 0 aliphatic carbocycles. The van der Waals surface area contributed by atoms with Crippen molar-refractivity contribution in [3.63, 3.8) is 0 Å². The number of hydrogen-bond acceptors (Lipinski definition) is 6. The molecule has 1 amide bonds. The fraction of sp³-hybridized carbons (Fsp3) is 0.261. The molecular weight excluding hydrogens is 449 g/mol. The maximum absolute atomic E-state index is 12.9. The summed E-state index contributed by atoms with van der Waals surface area (Å²) in [6.07, 6.45) is -0.00114. The Morgan fingerprint density at radius 2 is 1.91 bits per heavy atom. The second-order valence-electron chi connectivity index (χ2n) is 8.59. The van der Waals surface area contributed by atoms with Gasteiger partial charge in [-0.15, -0.1) is 0 Å². The highest BCUT2D eigenvalue weighted by Gasteiger charge is 2.30. The number of carbonyl (C=O) groups excluding carboxylic acids is 1. The van der Waals surface area contributed by atoms with E-state index >= 15 is 0 Å². The van der Waals surface area contributed by atoms with Crippen LogP contribution in [0.1, 0.15) is 48.2 Å². The predicted octanol–water partition coefficient (Wildman–Crippen LogP) is 4.56. The fourth-order valence-corrected chi connectivity index (χ4v) is 3.09. The first-order chi connectivity index (χ1) is 16.0. The minimum atomic E-state index is -4.45. The van der Waals surface area contributed by atoms with E-state index in [2.05, 4.69) is 25.4 Å². The Balaban J connectivity index is 1.52. The molecule has 0 saturated heterocycles. The lowest BCUT2D eigenvalue weighted by molar-refractivity contribution is -0.137. The zero-order chi connectivity index (χ0) is 24.5. The van der Waals surface area contributed by atoms with Crippen molar-refractivity contribution in [3.8, 4) is 17.3 Å². The number of imidazole rings is 1. The molecule has 0 bridgehead atoms. The summed E-state index contributed by atoms with van der Waals surface area (Å²) in [5, 5.41) is 6.61. The number of nitrogens with zero attached hydrogens (tertiary/aromatic N) is 5. The lowest BCUT2D eigenvalue weighted by Gasteiger charge is -2.11. The van der Waals surface area contributed by atoms with Gasteiger partial charge in [-0.25, -0.2) is 9.97 Å². The van der Waals surface area contributed by atoms with Gasteiger partial charge in [0.1, 0.15) is 12.0 Å². The molecule has 1 N–H and O–H groups in total. The van der Waals surface area contributed by atoms with Gasteiger partial charge in [0.2, 0.25) is 0 Å². The van der Waals surface area contributed by atoms with Crippen LogP contribution in [0.15, 0.2) is 59.6 Å². The van der Waals surface area contributed by atoms with Gasteiger partial charge in [-0.3, -0.25) is 9.36 Å². The number of alkyl halides is 3. The average Bonchev–Trinajstić information content (AvgIpc) is 3.47. The van der Waals surface area contributed by atoms with Crippen LogP contribution < -0.4 is 5.32 Å². The minimum Gasteiger partial charge on any atom is -0.347 e. The first kappa shape index (κ1) is 23.1. The lowest BCUT2D eigenvalue weighted by atomic mass is 9.96. The zero-order valence-corrected chi connectivity index (χ0v) is 18.6. The lowest BCUT2D eigenvalue weighted by Crippen LogP contribution is -2.23. The van der Waals surface area contributed by atoms with Crippen LogP contribution in [0.3, 0.4) is 0 Å². The van der Waals surface area contributed by atoms with E-state index in [-0.39, 0.29) is 23.5 Å². The number of aromatic nitrogens is 5. The van der Waals surface area contributed by atoms with Crippen LogP contribution in [-0.4, -0.2) is 30.6 Å². The third-order valence-electron chi connectivity index (χ3n) is 4.88. The molecule has 34 heavy (non-hydrogen) atoms. The number of hydrogen-bond donors (Lipinski definition) is 1. The van der Waals surface area contributed by atoms with Crippen LogP contribution in [0.25, 0.3) is 17.3 Å². The normalized spacial score (nSPS) is 12.1. The van der Waals surface area contributed by atoms with Crippen molar-refractivity contribution in [1.29, 1.82) is 0 Å². The minimum absolute atomic E-state index is 0.0736. The van der Waals surface area contributed by atoms with E-state index in [1.165, 1.54) is 29.2 Å². The summed E-state index contributed by atoms with van der Waals surface area (Å²) in [7, 11) is 0. The molecule has 8 nitrogen and oxygen atoms in total. The largest absolute Gasteiger partial charge is 0.416 e. The Bertz CT molecular complexity index is 1320. The van der Waals surface area contributed by atoms with E-state index < -0.39 is 17.6 Å². The summed E-state index contributed by atoms with van der Waals surface area (Å²) < 4.78 is 45.6. The van der Waals surface area contributed by atoms with Crippen molar-refractivity contribution < 1.29 is 22.5 Å². The van der Waals surface area contributed by atoms with Crippen LogP contribution in [0, 0.1) is 0 Å². The number of carbonyl (C=O) groups is 1. The molecule has 4 rings (SSSR count). The first-order valence-electron chi connectivity index (χ1n) is 10.3. The van der Waals surface area contributed by atoms with Gasteiger partial charge < -0.3 is 9.84 Å². The summed E-state index contributed by atoms with van der Waals surface area (Å²) in [6, 6.07) is 8.25. The fourth-order valence-electron chi connectivity index (χ4n) is 3.09. The van der Waals surface area contributed by atoms with Crippen LogP contribution in [0.2, 0.25) is 0 Å². The van der Waals surface area contributed by atoms with Gasteiger partial charge in [-0.2, -0.15) is 18.2 Å². The molecule has 0 fully saturated rings. The van der Waals surface area contributed by atoms with Crippen molar-refractivity contribution in [2.75, 3.05) is 0 Å². The molecule has 0 atom stereocenters.